The zero-order chi connectivity index (χ0) is 35.2. The van der Waals surface area contributed by atoms with Gasteiger partial charge in [-0.3, -0.25) is 14.7 Å². The summed E-state index contributed by atoms with van der Waals surface area (Å²) >= 11 is 0. The van der Waals surface area contributed by atoms with Crippen LogP contribution in [0.25, 0.3) is 0 Å². The molecule has 0 aliphatic carbocycles. The molecule has 1 aromatic rings. The molecule has 0 spiro atoms. The van der Waals surface area contributed by atoms with Crippen LogP contribution >= 0.6 is 0 Å². The molecule has 0 radical (unpaired) electrons. The van der Waals surface area contributed by atoms with E-state index in [1.54, 1.807) is 0 Å². The summed E-state index contributed by atoms with van der Waals surface area (Å²) in [5.74, 6) is 11.3. The number of rotatable bonds is 13. The van der Waals surface area contributed by atoms with Gasteiger partial charge in [-0.2, -0.15) is 15.0 Å². The van der Waals surface area contributed by atoms with E-state index in [0.29, 0.717) is 12.0 Å². The summed E-state index contributed by atoms with van der Waals surface area (Å²) in [6.45, 7) is 33.6. The first-order valence-corrected chi connectivity index (χ1v) is 18.5. The molecule has 264 valence electrons. The minimum atomic E-state index is -0.0182. The van der Waals surface area contributed by atoms with Crippen LogP contribution in [0.5, 0.6) is 0 Å². The fraction of sp³-hybridized carbons (Fsp3) is 0.821. The van der Waals surface area contributed by atoms with Gasteiger partial charge in [-0.05, 0) is 127 Å². The summed E-state index contributed by atoms with van der Waals surface area (Å²) in [4.78, 5) is 28.1. The van der Waals surface area contributed by atoms with E-state index in [0.717, 1.165) is 89.4 Å². The van der Waals surface area contributed by atoms with Crippen molar-refractivity contribution >= 4 is 17.8 Å². The van der Waals surface area contributed by atoms with Gasteiger partial charge in [0, 0.05) is 65.8 Å². The average molecular weight is 649 g/mol. The maximum atomic E-state index is 5.35. The third-order valence-electron chi connectivity index (χ3n) is 11.0. The minimum Gasteiger partial charge on any atom is -0.341 e. The highest BCUT2D eigenvalue weighted by Crippen LogP contribution is 2.42. The predicted molar refractivity (Wildman–Crippen MR) is 201 cm³/mol. The number of unbranched alkanes of at least 4 members (excludes halogenated alkanes) is 2. The lowest BCUT2D eigenvalue weighted by atomic mass is 9.76. The second kappa shape index (κ2) is 15.8. The molecule has 0 unspecified atom stereocenters. The minimum absolute atomic E-state index is 0.0182. The molecule has 0 amide bonds. The molecule has 1 aromatic heterocycles. The zero-order valence-corrected chi connectivity index (χ0v) is 32.7. The van der Waals surface area contributed by atoms with E-state index in [2.05, 4.69) is 138 Å². The third kappa shape index (κ3) is 9.12. The summed E-state index contributed by atoms with van der Waals surface area (Å²) in [6.07, 6.45) is 8.45. The van der Waals surface area contributed by atoms with Crippen LogP contribution in [0.2, 0.25) is 0 Å². The maximum absolute atomic E-state index is 5.35. The highest BCUT2D eigenvalue weighted by Gasteiger charge is 2.47. The fourth-order valence-electron chi connectivity index (χ4n) is 8.59. The Morgan fingerprint density at radius 1 is 0.681 bits per heavy atom. The van der Waals surface area contributed by atoms with Gasteiger partial charge in [-0.15, -0.1) is 0 Å². The largest absolute Gasteiger partial charge is 0.341 e. The van der Waals surface area contributed by atoms with E-state index in [1.807, 2.05) is 6.92 Å². The number of nitrogens with zero attached hydrogens (tertiary/aromatic N) is 8. The van der Waals surface area contributed by atoms with Gasteiger partial charge in [0.1, 0.15) is 0 Å². The van der Waals surface area contributed by atoms with Crippen molar-refractivity contribution in [1.82, 2.24) is 24.8 Å². The molecular formula is C39H68N8. The lowest BCUT2D eigenvalue weighted by Crippen LogP contribution is -2.64. The molecule has 2 aliphatic rings. The van der Waals surface area contributed by atoms with Crippen molar-refractivity contribution in [3.8, 4) is 23.8 Å². The van der Waals surface area contributed by atoms with Gasteiger partial charge < -0.3 is 9.80 Å². The summed E-state index contributed by atoms with van der Waals surface area (Å²) in [6, 6.07) is 3.89. The lowest BCUT2D eigenvalue weighted by Gasteiger charge is -2.56. The van der Waals surface area contributed by atoms with Crippen molar-refractivity contribution in [2.24, 2.45) is 0 Å². The monoisotopic (exact) mass is 649 g/mol. The molecule has 0 atom stereocenters. The van der Waals surface area contributed by atoms with Crippen LogP contribution in [0.4, 0.5) is 17.8 Å². The van der Waals surface area contributed by atoms with Crippen molar-refractivity contribution in [2.75, 3.05) is 47.9 Å². The Bertz CT molecular complexity index is 1250. The van der Waals surface area contributed by atoms with E-state index in [1.165, 1.54) is 0 Å². The van der Waals surface area contributed by atoms with Crippen LogP contribution in [0, 0.1) is 23.8 Å². The molecule has 2 fully saturated rings. The quantitative estimate of drug-likeness (QED) is 0.160. The van der Waals surface area contributed by atoms with Gasteiger partial charge in [0.05, 0.1) is 0 Å². The Balaban J connectivity index is 2.25. The predicted octanol–water partition coefficient (Wildman–Crippen LogP) is 7.59. The first kappa shape index (κ1) is 38.9. The van der Waals surface area contributed by atoms with E-state index in [9.17, 15) is 0 Å². The molecule has 2 aliphatic heterocycles. The second-order valence-corrected chi connectivity index (χ2v) is 16.4. The molecule has 2 saturated heterocycles. The van der Waals surface area contributed by atoms with E-state index in [4.69, 9.17) is 15.0 Å². The number of anilines is 3. The molecule has 8 heteroatoms. The highest BCUT2D eigenvalue weighted by molar-refractivity contribution is 5.52. The van der Waals surface area contributed by atoms with Gasteiger partial charge >= 0.3 is 0 Å². The molecule has 0 saturated carbocycles. The van der Waals surface area contributed by atoms with Crippen LogP contribution in [0.3, 0.4) is 0 Å². The number of aromatic nitrogens is 3. The molecule has 3 heterocycles. The lowest BCUT2D eigenvalue weighted by molar-refractivity contribution is -0.0315. The number of hydrogen-bond donors (Lipinski definition) is 0. The number of hydrogen-bond acceptors (Lipinski definition) is 8. The Hall–Kier alpha value is -2.55. The van der Waals surface area contributed by atoms with Gasteiger partial charge in [0.2, 0.25) is 17.8 Å². The molecule has 47 heavy (non-hydrogen) atoms. The standard InChI is InChI=1S/C39H68N8/c1-15-20-23-26-46(32-27-36(6,7)43(14)37(8,9)28-32)35-41-33(44(24-21-16-2)25-22-17-3)40-34(42-35)45(18-4)31-29-38(10,11)47(19-5)39(12,13)30-31/h31-32H,16-19,21-22,24-25,27-30H2,1-14H3. The van der Waals surface area contributed by atoms with Gasteiger partial charge in [0.25, 0.3) is 0 Å². The zero-order valence-electron chi connectivity index (χ0n) is 32.7. The molecule has 0 aromatic carbocycles. The number of likely N-dealkylation sites (tertiary alicyclic amines) is 2. The Morgan fingerprint density at radius 3 is 1.64 bits per heavy atom. The Labute approximate surface area is 289 Å². The summed E-state index contributed by atoms with van der Waals surface area (Å²) < 4.78 is 0. The topological polar surface area (TPSA) is 54.9 Å². The first-order valence-electron chi connectivity index (χ1n) is 18.5. The van der Waals surface area contributed by atoms with E-state index < -0.39 is 0 Å². The SMILES string of the molecule is CC#CC#CN(c1nc(N(CCCC)CCCC)nc(N(CC)C2CC(C)(C)N(CC)C(C)(C)C2)n1)C1CC(C)(C)N(C)C(C)(C)C1. The maximum Gasteiger partial charge on any atom is 0.244 e. The molecule has 3 rings (SSSR count). The van der Waals surface area contributed by atoms with Crippen molar-refractivity contribution in [2.45, 2.75) is 176 Å². The van der Waals surface area contributed by atoms with E-state index in [-0.39, 0.29) is 28.2 Å². The van der Waals surface area contributed by atoms with Gasteiger partial charge in [-0.1, -0.05) is 39.5 Å². The van der Waals surface area contributed by atoms with Gasteiger partial charge in [-0.25, -0.2) is 0 Å². The van der Waals surface area contributed by atoms with Crippen LogP contribution in [-0.4, -0.2) is 92.2 Å². The smallest absolute Gasteiger partial charge is 0.244 e. The van der Waals surface area contributed by atoms with Crippen LogP contribution in [-0.2, 0) is 0 Å². The van der Waals surface area contributed by atoms with Crippen molar-refractivity contribution in [1.29, 1.82) is 0 Å². The normalized spacial score (nSPS) is 20.9. The Kier molecular flexibility index (Phi) is 13.1. The Morgan fingerprint density at radius 2 is 1.17 bits per heavy atom. The summed E-state index contributed by atoms with van der Waals surface area (Å²) in [5.41, 5.74) is 0.0810. The third-order valence-corrected chi connectivity index (χ3v) is 11.0. The summed E-state index contributed by atoms with van der Waals surface area (Å²) in [5, 5.41) is 0. The van der Waals surface area contributed by atoms with Crippen molar-refractivity contribution in [3.05, 3.63) is 0 Å². The number of piperidine rings is 2. The fourth-order valence-corrected chi connectivity index (χ4v) is 8.59. The van der Waals surface area contributed by atoms with E-state index >= 15 is 0 Å². The van der Waals surface area contributed by atoms with Crippen LogP contribution in [0.1, 0.15) is 141 Å². The van der Waals surface area contributed by atoms with Crippen LogP contribution < -0.4 is 14.7 Å². The van der Waals surface area contributed by atoms with Gasteiger partial charge in [0.15, 0.2) is 0 Å². The molecule has 0 N–H and O–H groups in total. The van der Waals surface area contributed by atoms with Crippen LogP contribution in [0.15, 0.2) is 0 Å². The summed E-state index contributed by atoms with van der Waals surface area (Å²) in [7, 11) is 2.25. The van der Waals surface area contributed by atoms with Crippen molar-refractivity contribution < 1.29 is 0 Å². The molecular weight excluding hydrogens is 580 g/mol. The molecule has 8 nitrogen and oxygen atoms in total. The highest BCUT2D eigenvalue weighted by atomic mass is 15.4. The van der Waals surface area contributed by atoms with Crippen molar-refractivity contribution in [3.63, 3.8) is 0 Å². The second-order valence-electron chi connectivity index (χ2n) is 16.4. The molecule has 0 bridgehead atoms. The first-order chi connectivity index (χ1) is 22.0. The average Bonchev–Trinajstić information content (AvgIpc) is 2.97.